The second-order valence-corrected chi connectivity index (χ2v) is 5.06. The molecule has 0 bridgehead atoms. The van der Waals surface area contributed by atoms with Crippen LogP contribution in [0, 0.1) is 0 Å². The van der Waals surface area contributed by atoms with Gasteiger partial charge in [-0.05, 0) is 52.2 Å². The average molecular weight is 336 g/mol. The molecule has 6 heteroatoms. The van der Waals surface area contributed by atoms with E-state index in [1.54, 1.807) is 42.6 Å². The Kier molecular flexibility index (Phi) is 4.70. The van der Waals surface area contributed by atoms with Crippen molar-refractivity contribution in [2.24, 2.45) is 5.73 Å². The van der Waals surface area contributed by atoms with E-state index in [9.17, 15) is 9.90 Å². The number of benzene rings is 1. The molecular weight excluding hydrogens is 322 g/mol. The third-order valence-corrected chi connectivity index (χ3v) is 3.38. The summed E-state index contributed by atoms with van der Waals surface area (Å²) in [5.41, 5.74) is 7.34. The minimum atomic E-state index is -0.674. The molecule has 104 valence electrons. The molecule has 0 aliphatic heterocycles. The Hall–Kier alpha value is -1.92. The summed E-state index contributed by atoms with van der Waals surface area (Å²) in [5, 5.41) is 11.9. The molecule has 2 rings (SSSR count). The lowest BCUT2D eigenvalue weighted by Gasteiger charge is -2.13. The lowest BCUT2D eigenvalue weighted by Crippen LogP contribution is -2.37. The molecular formula is C14H14BrN3O2. The standard InChI is InChI=1S/C14H14BrN3O2/c15-13-12(2-1-7-17-13)18-14(20)11(16)8-9-3-5-10(19)6-4-9/h1-7,11,19H,8,16H2,(H,18,20)/t11-/m1/s1. The van der Waals surface area contributed by atoms with E-state index in [0.29, 0.717) is 16.7 Å². The van der Waals surface area contributed by atoms with Crippen LogP contribution in [-0.4, -0.2) is 22.0 Å². The lowest BCUT2D eigenvalue weighted by molar-refractivity contribution is -0.117. The van der Waals surface area contributed by atoms with Crippen molar-refractivity contribution in [1.82, 2.24) is 4.98 Å². The van der Waals surface area contributed by atoms with Crippen LogP contribution >= 0.6 is 15.9 Å². The van der Waals surface area contributed by atoms with Crippen LogP contribution in [0.4, 0.5) is 5.69 Å². The van der Waals surface area contributed by atoms with Gasteiger partial charge in [0, 0.05) is 6.20 Å². The molecule has 1 atom stereocenters. The van der Waals surface area contributed by atoms with E-state index in [1.165, 1.54) is 0 Å². The van der Waals surface area contributed by atoms with E-state index < -0.39 is 6.04 Å². The molecule has 20 heavy (non-hydrogen) atoms. The first-order valence-corrected chi connectivity index (χ1v) is 6.80. The van der Waals surface area contributed by atoms with Gasteiger partial charge in [0.15, 0.2) is 0 Å². The fraction of sp³-hybridized carbons (Fsp3) is 0.143. The smallest absolute Gasteiger partial charge is 0.241 e. The molecule has 2 aromatic rings. The van der Waals surface area contributed by atoms with E-state index in [0.717, 1.165) is 5.56 Å². The zero-order valence-electron chi connectivity index (χ0n) is 10.6. The van der Waals surface area contributed by atoms with Crippen molar-refractivity contribution in [1.29, 1.82) is 0 Å². The van der Waals surface area contributed by atoms with E-state index in [2.05, 4.69) is 26.2 Å². The Bertz CT molecular complexity index is 602. The quantitative estimate of drug-likeness (QED) is 0.746. The summed E-state index contributed by atoms with van der Waals surface area (Å²) in [6, 6.07) is 9.40. The van der Waals surface area contributed by atoms with Crippen LogP contribution in [0.5, 0.6) is 5.75 Å². The van der Waals surface area contributed by atoms with Crippen LogP contribution < -0.4 is 11.1 Å². The van der Waals surface area contributed by atoms with Crippen LogP contribution in [-0.2, 0) is 11.2 Å². The number of hydrogen-bond donors (Lipinski definition) is 3. The van der Waals surface area contributed by atoms with Crippen molar-refractivity contribution in [2.75, 3.05) is 5.32 Å². The maximum absolute atomic E-state index is 12.0. The molecule has 0 fully saturated rings. The summed E-state index contributed by atoms with van der Waals surface area (Å²) >= 11 is 3.25. The number of nitrogens with two attached hydrogens (primary N) is 1. The van der Waals surface area contributed by atoms with Crippen LogP contribution in [0.15, 0.2) is 47.2 Å². The second-order valence-electron chi connectivity index (χ2n) is 4.31. The molecule has 5 nitrogen and oxygen atoms in total. The Morgan fingerprint density at radius 2 is 2.05 bits per heavy atom. The van der Waals surface area contributed by atoms with Gasteiger partial charge in [-0.25, -0.2) is 4.98 Å². The second kappa shape index (κ2) is 6.49. The lowest BCUT2D eigenvalue weighted by atomic mass is 10.1. The Morgan fingerprint density at radius 1 is 1.35 bits per heavy atom. The molecule has 0 saturated heterocycles. The van der Waals surface area contributed by atoms with Gasteiger partial charge in [-0.15, -0.1) is 0 Å². The number of rotatable bonds is 4. The summed E-state index contributed by atoms with van der Waals surface area (Å²) in [5.74, 6) is -0.0992. The number of phenols is 1. The van der Waals surface area contributed by atoms with Gasteiger partial charge in [0.1, 0.15) is 10.4 Å². The van der Waals surface area contributed by atoms with Crippen LogP contribution in [0.3, 0.4) is 0 Å². The first kappa shape index (κ1) is 14.5. The van der Waals surface area contributed by atoms with Crippen molar-refractivity contribution in [3.8, 4) is 5.75 Å². The maximum atomic E-state index is 12.0. The summed E-state index contributed by atoms with van der Waals surface area (Å²) in [6.45, 7) is 0. The number of aromatic hydroxyl groups is 1. The van der Waals surface area contributed by atoms with E-state index in [4.69, 9.17) is 5.73 Å². The first-order chi connectivity index (χ1) is 9.56. The molecule has 0 saturated carbocycles. The summed E-state index contributed by atoms with van der Waals surface area (Å²) < 4.78 is 0.560. The van der Waals surface area contributed by atoms with E-state index >= 15 is 0 Å². The van der Waals surface area contributed by atoms with E-state index in [1.807, 2.05) is 0 Å². The van der Waals surface area contributed by atoms with E-state index in [-0.39, 0.29) is 11.7 Å². The van der Waals surface area contributed by atoms with Gasteiger partial charge in [-0.3, -0.25) is 4.79 Å². The van der Waals surface area contributed by atoms with Gasteiger partial charge in [0.2, 0.25) is 5.91 Å². The molecule has 4 N–H and O–H groups in total. The van der Waals surface area contributed by atoms with Crippen molar-refractivity contribution in [2.45, 2.75) is 12.5 Å². The Morgan fingerprint density at radius 3 is 2.70 bits per heavy atom. The van der Waals surface area contributed by atoms with Gasteiger partial charge in [0.05, 0.1) is 11.7 Å². The molecule has 1 amide bonds. The minimum absolute atomic E-state index is 0.186. The topological polar surface area (TPSA) is 88.2 Å². The predicted molar refractivity (Wildman–Crippen MR) is 80.4 cm³/mol. The van der Waals surface area contributed by atoms with Crippen molar-refractivity contribution in [3.63, 3.8) is 0 Å². The molecule has 1 aromatic heterocycles. The van der Waals surface area contributed by atoms with Crippen molar-refractivity contribution in [3.05, 3.63) is 52.8 Å². The Balaban J connectivity index is 1.99. The average Bonchev–Trinajstić information content (AvgIpc) is 2.44. The largest absolute Gasteiger partial charge is 0.508 e. The third-order valence-electron chi connectivity index (χ3n) is 2.75. The number of nitrogens with zero attached hydrogens (tertiary/aromatic N) is 1. The molecule has 0 spiro atoms. The van der Waals surface area contributed by atoms with Crippen LogP contribution in [0.1, 0.15) is 5.56 Å². The number of halogens is 1. The first-order valence-electron chi connectivity index (χ1n) is 6.01. The van der Waals surface area contributed by atoms with Gasteiger partial charge in [0.25, 0.3) is 0 Å². The number of amides is 1. The zero-order valence-corrected chi connectivity index (χ0v) is 12.2. The normalized spacial score (nSPS) is 11.9. The van der Waals surface area contributed by atoms with Crippen molar-refractivity contribution < 1.29 is 9.90 Å². The van der Waals surface area contributed by atoms with Gasteiger partial charge in [-0.2, -0.15) is 0 Å². The Labute approximate surface area is 125 Å². The minimum Gasteiger partial charge on any atom is -0.508 e. The SMILES string of the molecule is N[C@H](Cc1ccc(O)cc1)C(=O)Nc1cccnc1Br. The fourth-order valence-electron chi connectivity index (χ4n) is 1.68. The number of hydrogen-bond acceptors (Lipinski definition) is 4. The molecule has 1 aromatic carbocycles. The predicted octanol–water partition coefficient (Wildman–Crippen LogP) is 2.06. The highest BCUT2D eigenvalue weighted by Crippen LogP contribution is 2.18. The van der Waals surface area contributed by atoms with Crippen LogP contribution in [0.25, 0.3) is 0 Å². The highest BCUT2D eigenvalue weighted by atomic mass is 79.9. The van der Waals surface area contributed by atoms with Gasteiger partial charge < -0.3 is 16.2 Å². The van der Waals surface area contributed by atoms with Crippen LogP contribution in [0.2, 0.25) is 0 Å². The highest BCUT2D eigenvalue weighted by Gasteiger charge is 2.15. The number of aromatic nitrogens is 1. The monoisotopic (exact) mass is 335 g/mol. The number of carbonyl (C=O) groups excluding carboxylic acids is 1. The molecule has 0 radical (unpaired) electrons. The van der Waals surface area contributed by atoms with Crippen molar-refractivity contribution >= 4 is 27.5 Å². The number of phenolic OH excluding ortho intramolecular Hbond substituents is 1. The fourth-order valence-corrected chi connectivity index (χ4v) is 2.03. The summed E-state index contributed by atoms with van der Waals surface area (Å²) in [6.07, 6.45) is 2.01. The summed E-state index contributed by atoms with van der Waals surface area (Å²) in [4.78, 5) is 16.0. The molecule has 0 aliphatic rings. The van der Waals surface area contributed by atoms with Gasteiger partial charge in [-0.1, -0.05) is 12.1 Å². The molecule has 0 unspecified atom stereocenters. The molecule has 0 aliphatic carbocycles. The highest BCUT2D eigenvalue weighted by molar-refractivity contribution is 9.10. The number of nitrogens with one attached hydrogen (secondary N) is 1. The summed E-state index contributed by atoms with van der Waals surface area (Å²) in [7, 11) is 0. The maximum Gasteiger partial charge on any atom is 0.241 e. The van der Waals surface area contributed by atoms with Gasteiger partial charge >= 0.3 is 0 Å². The number of anilines is 1. The number of carbonyl (C=O) groups is 1. The third kappa shape index (κ3) is 3.79. The zero-order chi connectivity index (χ0) is 14.5. The number of pyridine rings is 1. The molecule has 1 heterocycles.